The Labute approximate surface area is 120 Å². The first-order valence-electron chi connectivity index (χ1n) is 6.54. The van der Waals surface area contributed by atoms with Crippen molar-refractivity contribution in [3.8, 4) is 0 Å². The molecule has 1 aromatic carbocycles. The molecule has 2 aromatic rings. The normalized spacial score (nSPS) is 10.3. The van der Waals surface area contributed by atoms with Crippen molar-refractivity contribution in [2.75, 3.05) is 0 Å². The van der Waals surface area contributed by atoms with Crippen molar-refractivity contribution in [1.82, 2.24) is 9.97 Å². The van der Waals surface area contributed by atoms with Crippen LogP contribution in [0.15, 0.2) is 42.6 Å². The van der Waals surface area contributed by atoms with Crippen LogP contribution >= 0.6 is 11.6 Å². The zero-order chi connectivity index (χ0) is 14.3. The lowest BCUT2D eigenvalue weighted by molar-refractivity contribution is 0.814. The number of benzene rings is 1. The molecule has 0 aliphatic heterocycles. The average Bonchev–Trinajstić information content (AvgIpc) is 2.40. The molecule has 102 valence electrons. The largest absolute Gasteiger partial charge is 0.227 e. The molecule has 0 aliphatic carbocycles. The molecular formula is C16H21ClN2. The van der Waals surface area contributed by atoms with Crippen LogP contribution in [0.2, 0.25) is 5.28 Å². The summed E-state index contributed by atoms with van der Waals surface area (Å²) in [5.41, 5.74) is 2.40. The molecule has 0 unspecified atom stereocenters. The van der Waals surface area contributed by atoms with Crippen molar-refractivity contribution in [2.24, 2.45) is 0 Å². The van der Waals surface area contributed by atoms with Crippen LogP contribution in [-0.4, -0.2) is 9.97 Å². The molecule has 0 radical (unpaired) electrons. The van der Waals surface area contributed by atoms with Gasteiger partial charge in [-0.1, -0.05) is 58.0 Å². The second-order valence-electron chi connectivity index (χ2n) is 4.97. The Bertz CT molecular complexity index is 481. The molecule has 0 saturated heterocycles. The van der Waals surface area contributed by atoms with E-state index in [1.54, 1.807) is 6.20 Å². The van der Waals surface area contributed by atoms with E-state index in [1.807, 2.05) is 12.1 Å². The first-order valence-corrected chi connectivity index (χ1v) is 6.92. The van der Waals surface area contributed by atoms with Crippen molar-refractivity contribution in [2.45, 2.75) is 39.5 Å². The van der Waals surface area contributed by atoms with Gasteiger partial charge in [0.15, 0.2) is 0 Å². The molecule has 0 N–H and O–H groups in total. The standard InChI is InChI=1S/C9H12.C7H9ClN2/c1-8(2)9-6-4-3-5-7-9;1-5(2)6-3-4-9-7(8)10-6/h3-8H,1-2H3;3-5H,1-2H3. The predicted molar refractivity (Wildman–Crippen MR) is 81.7 cm³/mol. The van der Waals surface area contributed by atoms with Crippen molar-refractivity contribution >= 4 is 11.6 Å². The molecule has 0 fully saturated rings. The highest BCUT2D eigenvalue weighted by molar-refractivity contribution is 6.28. The van der Waals surface area contributed by atoms with Gasteiger partial charge in [0.1, 0.15) is 0 Å². The van der Waals surface area contributed by atoms with E-state index in [-0.39, 0.29) is 0 Å². The Morgan fingerprint density at radius 3 is 1.89 bits per heavy atom. The third-order valence-corrected chi connectivity index (χ3v) is 2.89. The van der Waals surface area contributed by atoms with Crippen LogP contribution in [0.5, 0.6) is 0 Å². The van der Waals surface area contributed by atoms with Gasteiger partial charge in [-0.25, -0.2) is 9.97 Å². The summed E-state index contributed by atoms with van der Waals surface area (Å²) in [6.07, 6.45) is 1.67. The van der Waals surface area contributed by atoms with E-state index in [1.165, 1.54) is 5.56 Å². The van der Waals surface area contributed by atoms with Gasteiger partial charge < -0.3 is 0 Å². The molecule has 0 spiro atoms. The van der Waals surface area contributed by atoms with Gasteiger partial charge in [-0.05, 0) is 35.1 Å². The molecule has 0 bridgehead atoms. The van der Waals surface area contributed by atoms with Crippen molar-refractivity contribution < 1.29 is 0 Å². The average molecular weight is 277 g/mol. The highest BCUT2D eigenvalue weighted by Crippen LogP contribution is 2.12. The fourth-order valence-corrected chi connectivity index (χ4v) is 1.66. The lowest BCUT2D eigenvalue weighted by atomic mass is 10.0. The van der Waals surface area contributed by atoms with E-state index in [2.05, 4.69) is 61.9 Å². The van der Waals surface area contributed by atoms with Crippen molar-refractivity contribution in [3.05, 3.63) is 59.1 Å². The number of aromatic nitrogens is 2. The monoisotopic (exact) mass is 276 g/mol. The number of hydrogen-bond acceptors (Lipinski definition) is 2. The molecular weight excluding hydrogens is 256 g/mol. The molecule has 19 heavy (non-hydrogen) atoms. The summed E-state index contributed by atoms with van der Waals surface area (Å²) < 4.78 is 0. The highest BCUT2D eigenvalue weighted by Gasteiger charge is 1.99. The molecule has 0 atom stereocenters. The number of hydrogen-bond donors (Lipinski definition) is 0. The van der Waals surface area contributed by atoms with Gasteiger partial charge in [0.05, 0.1) is 0 Å². The number of rotatable bonds is 2. The molecule has 2 nitrogen and oxygen atoms in total. The van der Waals surface area contributed by atoms with Crippen LogP contribution in [0.25, 0.3) is 0 Å². The summed E-state index contributed by atoms with van der Waals surface area (Å²) in [5.74, 6) is 1.08. The Balaban J connectivity index is 0.000000191. The molecule has 0 saturated carbocycles. The van der Waals surface area contributed by atoms with E-state index < -0.39 is 0 Å². The van der Waals surface area contributed by atoms with Gasteiger partial charge in [-0.3, -0.25) is 0 Å². The van der Waals surface area contributed by atoms with Crippen LogP contribution in [0, 0.1) is 0 Å². The topological polar surface area (TPSA) is 25.8 Å². The van der Waals surface area contributed by atoms with Gasteiger partial charge in [0.25, 0.3) is 0 Å². The van der Waals surface area contributed by atoms with Crippen molar-refractivity contribution in [1.29, 1.82) is 0 Å². The highest BCUT2D eigenvalue weighted by atomic mass is 35.5. The Morgan fingerprint density at radius 1 is 0.895 bits per heavy atom. The Kier molecular flexibility index (Phi) is 6.51. The van der Waals surface area contributed by atoms with Gasteiger partial charge in [0.2, 0.25) is 5.28 Å². The van der Waals surface area contributed by atoms with E-state index in [0.717, 1.165) is 5.69 Å². The minimum Gasteiger partial charge on any atom is -0.227 e. The first-order chi connectivity index (χ1) is 9.00. The maximum atomic E-state index is 5.57. The van der Waals surface area contributed by atoms with Crippen LogP contribution < -0.4 is 0 Å². The quantitative estimate of drug-likeness (QED) is 0.716. The molecule has 2 rings (SSSR count). The summed E-state index contributed by atoms with van der Waals surface area (Å²) >= 11 is 5.57. The predicted octanol–water partition coefficient (Wildman–Crippen LogP) is 5.06. The van der Waals surface area contributed by atoms with Crippen LogP contribution in [0.4, 0.5) is 0 Å². The molecule has 3 heteroatoms. The van der Waals surface area contributed by atoms with Crippen molar-refractivity contribution in [3.63, 3.8) is 0 Å². The summed E-state index contributed by atoms with van der Waals surface area (Å²) in [7, 11) is 0. The third-order valence-electron chi connectivity index (χ3n) is 2.71. The minimum atomic E-state index is 0.325. The van der Waals surface area contributed by atoms with E-state index >= 15 is 0 Å². The van der Waals surface area contributed by atoms with E-state index in [0.29, 0.717) is 17.1 Å². The smallest absolute Gasteiger partial charge is 0.222 e. The maximum absolute atomic E-state index is 5.57. The fraction of sp³-hybridized carbons (Fsp3) is 0.375. The molecule has 1 heterocycles. The molecule has 0 aliphatic rings. The zero-order valence-electron chi connectivity index (χ0n) is 12.0. The summed E-state index contributed by atoms with van der Waals surface area (Å²) in [5, 5.41) is 0.325. The van der Waals surface area contributed by atoms with Crippen LogP contribution in [0.3, 0.4) is 0 Å². The zero-order valence-corrected chi connectivity index (χ0v) is 12.7. The Morgan fingerprint density at radius 2 is 1.53 bits per heavy atom. The SMILES string of the molecule is CC(C)c1ccccc1.CC(C)c1ccnc(Cl)n1. The van der Waals surface area contributed by atoms with E-state index in [4.69, 9.17) is 11.6 Å². The van der Waals surface area contributed by atoms with Crippen LogP contribution in [0.1, 0.15) is 50.8 Å². The lowest BCUT2D eigenvalue weighted by Crippen LogP contribution is -1.92. The number of nitrogens with zero attached hydrogens (tertiary/aromatic N) is 2. The summed E-state index contributed by atoms with van der Waals surface area (Å²) in [4.78, 5) is 7.80. The minimum absolute atomic E-state index is 0.325. The second-order valence-corrected chi connectivity index (χ2v) is 5.31. The molecule has 1 aromatic heterocycles. The second kappa shape index (κ2) is 7.90. The van der Waals surface area contributed by atoms with E-state index in [9.17, 15) is 0 Å². The third kappa shape index (κ3) is 5.84. The summed E-state index contributed by atoms with van der Waals surface area (Å²) in [6, 6.07) is 12.4. The maximum Gasteiger partial charge on any atom is 0.222 e. The first kappa shape index (κ1) is 15.6. The van der Waals surface area contributed by atoms with Gasteiger partial charge >= 0.3 is 0 Å². The number of halogens is 1. The van der Waals surface area contributed by atoms with Gasteiger partial charge in [0, 0.05) is 11.9 Å². The van der Waals surface area contributed by atoms with Gasteiger partial charge in [-0.2, -0.15) is 0 Å². The van der Waals surface area contributed by atoms with Crippen LogP contribution in [-0.2, 0) is 0 Å². The molecule has 0 amide bonds. The van der Waals surface area contributed by atoms with Gasteiger partial charge in [-0.15, -0.1) is 0 Å². The Hall–Kier alpha value is -1.41. The summed E-state index contributed by atoms with van der Waals surface area (Å²) in [6.45, 7) is 8.54. The fourth-order valence-electron chi connectivity index (χ4n) is 1.51. The lowest BCUT2D eigenvalue weighted by Gasteiger charge is -2.01.